The molecule has 1 fully saturated rings. The molecule has 1 rings (SSSR count). The molecule has 0 aromatic rings. The van der Waals surface area contributed by atoms with Crippen molar-refractivity contribution in [3.05, 3.63) is 0 Å². The Morgan fingerprint density at radius 2 is 1.88 bits per heavy atom. The van der Waals surface area contributed by atoms with Crippen molar-refractivity contribution in [2.45, 2.75) is 37.4 Å². The molecule has 0 aliphatic carbocycles. The molecular formula is C11H22N2O2S. The van der Waals surface area contributed by atoms with Gasteiger partial charge in [-0.05, 0) is 13.8 Å². The largest absolute Gasteiger partial charge is 0.392 e. The number of piperazine rings is 1. The SMILES string of the molecule is CC(SC(C)C(C)O)C(=O)N1CCNCC1. The van der Waals surface area contributed by atoms with Gasteiger partial charge in [0.2, 0.25) is 5.91 Å². The van der Waals surface area contributed by atoms with E-state index in [1.54, 1.807) is 18.7 Å². The van der Waals surface area contributed by atoms with E-state index in [-0.39, 0.29) is 22.5 Å². The Bertz CT molecular complexity index is 230. The lowest BCUT2D eigenvalue weighted by Crippen LogP contribution is -2.49. The van der Waals surface area contributed by atoms with E-state index >= 15 is 0 Å². The number of nitrogens with zero attached hydrogens (tertiary/aromatic N) is 1. The number of hydrogen-bond acceptors (Lipinski definition) is 4. The summed E-state index contributed by atoms with van der Waals surface area (Å²) in [6.07, 6.45) is -0.372. The van der Waals surface area contributed by atoms with Crippen molar-refractivity contribution in [1.82, 2.24) is 10.2 Å². The molecule has 0 radical (unpaired) electrons. The lowest BCUT2D eigenvalue weighted by Gasteiger charge is -2.30. The van der Waals surface area contributed by atoms with Crippen molar-refractivity contribution < 1.29 is 9.90 Å². The van der Waals surface area contributed by atoms with Crippen LogP contribution in [-0.2, 0) is 4.79 Å². The fourth-order valence-electron chi connectivity index (χ4n) is 1.64. The zero-order chi connectivity index (χ0) is 12.1. The molecule has 1 amide bonds. The number of aliphatic hydroxyl groups is 1. The van der Waals surface area contributed by atoms with Crippen molar-refractivity contribution in [2.24, 2.45) is 0 Å². The van der Waals surface area contributed by atoms with Crippen molar-refractivity contribution in [1.29, 1.82) is 0 Å². The van der Waals surface area contributed by atoms with Gasteiger partial charge in [0.05, 0.1) is 11.4 Å². The molecular weight excluding hydrogens is 224 g/mol. The van der Waals surface area contributed by atoms with Gasteiger partial charge in [0, 0.05) is 31.4 Å². The summed E-state index contributed by atoms with van der Waals surface area (Å²) < 4.78 is 0. The Hall–Kier alpha value is -0.260. The van der Waals surface area contributed by atoms with E-state index in [9.17, 15) is 9.90 Å². The smallest absolute Gasteiger partial charge is 0.235 e. The molecule has 4 nitrogen and oxygen atoms in total. The molecule has 94 valence electrons. The molecule has 3 atom stereocenters. The second kappa shape index (κ2) is 6.47. The summed E-state index contributed by atoms with van der Waals surface area (Å²) in [5.74, 6) is 0.194. The Morgan fingerprint density at radius 1 is 1.31 bits per heavy atom. The van der Waals surface area contributed by atoms with Gasteiger partial charge in [-0.25, -0.2) is 0 Å². The number of carbonyl (C=O) groups is 1. The quantitative estimate of drug-likeness (QED) is 0.749. The van der Waals surface area contributed by atoms with Crippen LogP contribution in [0, 0.1) is 0 Å². The molecule has 16 heavy (non-hydrogen) atoms. The first-order valence-electron chi connectivity index (χ1n) is 5.85. The maximum atomic E-state index is 12.1. The molecule has 1 aliphatic rings. The van der Waals surface area contributed by atoms with E-state index in [4.69, 9.17) is 0 Å². The van der Waals surface area contributed by atoms with Crippen LogP contribution in [0.3, 0.4) is 0 Å². The second-order valence-electron chi connectivity index (χ2n) is 4.30. The zero-order valence-corrected chi connectivity index (χ0v) is 11.1. The average molecular weight is 246 g/mol. The van der Waals surface area contributed by atoms with E-state index < -0.39 is 0 Å². The van der Waals surface area contributed by atoms with Gasteiger partial charge >= 0.3 is 0 Å². The summed E-state index contributed by atoms with van der Waals surface area (Å²) in [6.45, 7) is 9.01. The molecule has 0 aromatic carbocycles. The maximum absolute atomic E-state index is 12.1. The van der Waals surface area contributed by atoms with E-state index in [1.807, 2.05) is 18.7 Å². The van der Waals surface area contributed by atoms with E-state index in [2.05, 4.69) is 5.32 Å². The van der Waals surface area contributed by atoms with Crippen LogP contribution < -0.4 is 5.32 Å². The summed E-state index contributed by atoms with van der Waals surface area (Å²) >= 11 is 1.55. The third-order valence-corrected chi connectivity index (χ3v) is 4.31. The molecule has 0 saturated carbocycles. The summed E-state index contributed by atoms with van der Waals surface area (Å²) in [5, 5.41) is 12.7. The van der Waals surface area contributed by atoms with Crippen molar-refractivity contribution in [2.75, 3.05) is 26.2 Å². The van der Waals surface area contributed by atoms with Crippen LogP contribution in [0.15, 0.2) is 0 Å². The summed E-state index contributed by atoms with van der Waals surface area (Å²) in [6, 6.07) is 0. The van der Waals surface area contributed by atoms with Crippen LogP contribution >= 0.6 is 11.8 Å². The fourth-order valence-corrected chi connectivity index (χ4v) is 2.77. The topological polar surface area (TPSA) is 52.6 Å². The van der Waals surface area contributed by atoms with E-state index in [1.165, 1.54) is 0 Å². The van der Waals surface area contributed by atoms with Crippen molar-refractivity contribution >= 4 is 17.7 Å². The molecule has 0 aromatic heterocycles. The Balaban J connectivity index is 2.40. The van der Waals surface area contributed by atoms with Crippen LogP contribution in [0.25, 0.3) is 0 Å². The molecule has 3 unspecified atom stereocenters. The molecule has 1 saturated heterocycles. The third-order valence-electron chi connectivity index (χ3n) is 2.87. The minimum absolute atomic E-state index is 0.0669. The highest BCUT2D eigenvalue weighted by Crippen LogP contribution is 2.21. The van der Waals surface area contributed by atoms with Crippen LogP contribution in [0.2, 0.25) is 0 Å². The minimum atomic E-state index is -0.372. The molecule has 0 spiro atoms. The number of amides is 1. The molecule has 1 aliphatic heterocycles. The summed E-state index contributed by atoms with van der Waals surface area (Å²) in [7, 11) is 0. The normalized spacial score (nSPS) is 22.6. The van der Waals surface area contributed by atoms with Crippen LogP contribution in [0.4, 0.5) is 0 Å². The lowest BCUT2D eigenvalue weighted by atomic mass is 10.3. The van der Waals surface area contributed by atoms with E-state index in [0.29, 0.717) is 0 Å². The maximum Gasteiger partial charge on any atom is 0.235 e. The predicted molar refractivity (Wildman–Crippen MR) is 67.6 cm³/mol. The Kier molecular flexibility index (Phi) is 5.58. The van der Waals surface area contributed by atoms with Crippen LogP contribution in [-0.4, -0.2) is 58.7 Å². The van der Waals surface area contributed by atoms with Gasteiger partial charge in [0.15, 0.2) is 0 Å². The number of aliphatic hydroxyl groups excluding tert-OH is 1. The average Bonchev–Trinajstić information content (AvgIpc) is 2.28. The van der Waals surface area contributed by atoms with Gasteiger partial charge in [0.1, 0.15) is 0 Å². The number of hydrogen-bond donors (Lipinski definition) is 2. The standard InChI is InChI=1S/C11H22N2O2S/c1-8(14)9(2)16-10(3)11(15)13-6-4-12-5-7-13/h8-10,12,14H,4-7H2,1-3H3. The second-order valence-corrected chi connectivity index (χ2v) is 6.02. The van der Waals surface area contributed by atoms with Crippen molar-refractivity contribution in [3.8, 4) is 0 Å². The first-order chi connectivity index (χ1) is 7.52. The molecule has 1 heterocycles. The van der Waals surface area contributed by atoms with Gasteiger partial charge in [-0.3, -0.25) is 4.79 Å². The number of carbonyl (C=O) groups excluding carboxylic acids is 1. The van der Waals surface area contributed by atoms with Gasteiger partial charge < -0.3 is 15.3 Å². The van der Waals surface area contributed by atoms with E-state index in [0.717, 1.165) is 26.2 Å². The van der Waals surface area contributed by atoms with Crippen LogP contribution in [0.5, 0.6) is 0 Å². The van der Waals surface area contributed by atoms with Gasteiger partial charge in [-0.15, -0.1) is 11.8 Å². The number of rotatable bonds is 4. The third kappa shape index (κ3) is 3.96. The lowest BCUT2D eigenvalue weighted by molar-refractivity contribution is -0.130. The zero-order valence-electron chi connectivity index (χ0n) is 10.3. The fraction of sp³-hybridized carbons (Fsp3) is 0.909. The van der Waals surface area contributed by atoms with Crippen molar-refractivity contribution in [3.63, 3.8) is 0 Å². The molecule has 2 N–H and O–H groups in total. The highest BCUT2D eigenvalue weighted by atomic mass is 32.2. The first-order valence-corrected chi connectivity index (χ1v) is 6.79. The summed E-state index contributed by atoms with van der Waals surface area (Å²) in [5.41, 5.74) is 0. The molecule has 5 heteroatoms. The highest BCUT2D eigenvalue weighted by molar-refractivity contribution is 8.01. The summed E-state index contributed by atoms with van der Waals surface area (Å²) in [4.78, 5) is 14.0. The number of nitrogens with one attached hydrogen (secondary N) is 1. The molecule has 0 bridgehead atoms. The first kappa shape index (κ1) is 13.8. The van der Waals surface area contributed by atoms with Gasteiger partial charge in [0.25, 0.3) is 0 Å². The Morgan fingerprint density at radius 3 is 2.38 bits per heavy atom. The minimum Gasteiger partial charge on any atom is -0.392 e. The van der Waals surface area contributed by atoms with Gasteiger partial charge in [-0.1, -0.05) is 6.92 Å². The highest BCUT2D eigenvalue weighted by Gasteiger charge is 2.24. The monoisotopic (exact) mass is 246 g/mol. The number of thioether (sulfide) groups is 1. The Labute approximate surface area is 102 Å². The predicted octanol–water partition coefficient (Wildman–Crippen LogP) is 0.309. The van der Waals surface area contributed by atoms with Gasteiger partial charge in [-0.2, -0.15) is 0 Å². The van der Waals surface area contributed by atoms with Crippen LogP contribution in [0.1, 0.15) is 20.8 Å².